The number of nitrogens with zero attached hydrogens (tertiary/aromatic N) is 1. The highest BCUT2D eigenvalue weighted by atomic mass is 16.4. The lowest BCUT2D eigenvalue weighted by molar-refractivity contribution is -0.143. The van der Waals surface area contributed by atoms with Gasteiger partial charge in [0.15, 0.2) is 0 Å². The van der Waals surface area contributed by atoms with Crippen LogP contribution >= 0.6 is 0 Å². The van der Waals surface area contributed by atoms with Crippen LogP contribution < -0.4 is 5.32 Å². The molecule has 0 bridgehead atoms. The molecule has 1 rings (SSSR count). The maximum Gasteiger partial charge on any atom is 0.306 e. The van der Waals surface area contributed by atoms with Crippen LogP contribution in [-0.2, 0) is 4.79 Å². The highest BCUT2D eigenvalue weighted by Crippen LogP contribution is 2.31. The van der Waals surface area contributed by atoms with Crippen molar-refractivity contribution in [1.82, 2.24) is 5.32 Å². The van der Waals surface area contributed by atoms with Gasteiger partial charge in [-0.3, -0.25) is 9.79 Å². The van der Waals surface area contributed by atoms with Crippen molar-refractivity contribution in [1.29, 1.82) is 0 Å². The van der Waals surface area contributed by atoms with E-state index in [-0.39, 0.29) is 5.92 Å². The van der Waals surface area contributed by atoms with E-state index in [0.29, 0.717) is 5.92 Å². The van der Waals surface area contributed by atoms with Crippen LogP contribution in [0, 0.1) is 11.8 Å². The lowest BCUT2D eigenvalue weighted by Gasteiger charge is -2.28. The Labute approximate surface area is 96.5 Å². The molecule has 16 heavy (non-hydrogen) atoms. The van der Waals surface area contributed by atoms with Crippen molar-refractivity contribution in [2.45, 2.75) is 32.6 Å². The van der Waals surface area contributed by atoms with E-state index in [1.165, 1.54) is 0 Å². The second-order valence-corrected chi connectivity index (χ2v) is 4.35. The number of rotatable bonds is 3. The average molecular weight is 224 g/mol. The number of aliphatic imine (C=N–C) groups is 1. The summed E-state index contributed by atoms with van der Waals surface area (Å²) in [6.07, 6.45) is 3.31. The first kappa shape index (κ1) is 12.7. The highest BCUT2D eigenvalue weighted by molar-refractivity contribution is 5.81. The zero-order valence-electron chi connectivity index (χ0n) is 9.99. The lowest BCUT2D eigenvalue weighted by Crippen LogP contribution is -2.28. The summed E-state index contributed by atoms with van der Waals surface area (Å²) in [5.41, 5.74) is 0.965. The van der Waals surface area contributed by atoms with Gasteiger partial charge in [0.05, 0.1) is 11.8 Å². The third-order valence-corrected chi connectivity index (χ3v) is 3.25. The van der Waals surface area contributed by atoms with E-state index in [1.54, 1.807) is 7.05 Å². The average Bonchev–Trinajstić information content (AvgIpc) is 2.28. The molecular formula is C12H20N2O2. The molecule has 0 spiro atoms. The number of nitrogens with one attached hydrogen (secondary N) is 1. The van der Waals surface area contributed by atoms with Crippen molar-refractivity contribution in [3.8, 4) is 0 Å². The number of allylic oxidation sites excluding steroid dienone is 1. The Kier molecular flexibility index (Phi) is 4.52. The molecule has 2 N–H and O–H groups in total. The summed E-state index contributed by atoms with van der Waals surface area (Å²) in [7, 11) is 1.73. The molecule has 0 radical (unpaired) electrons. The summed E-state index contributed by atoms with van der Waals surface area (Å²) in [6, 6.07) is 0. The Balaban J connectivity index is 2.42. The molecule has 1 aliphatic rings. The molecule has 90 valence electrons. The molecule has 0 heterocycles. The highest BCUT2D eigenvalue weighted by Gasteiger charge is 2.27. The predicted molar refractivity (Wildman–Crippen MR) is 64.4 cm³/mol. The molecule has 1 fully saturated rings. The van der Waals surface area contributed by atoms with Crippen molar-refractivity contribution in [3.05, 3.63) is 12.3 Å². The first-order chi connectivity index (χ1) is 7.54. The number of hydrogen-bond acceptors (Lipinski definition) is 2. The number of carbonyl (C=O) groups is 1. The monoisotopic (exact) mass is 224 g/mol. The standard InChI is InChI=1S/C12H20N2O2/c1-8(14-9(2)13-3)10-4-6-11(7-5-10)12(15)16/h10-11H,1,4-7H2,2-3H3,(H,13,14)(H,15,16). The predicted octanol–water partition coefficient (Wildman–Crippen LogP) is 2.03. The van der Waals surface area contributed by atoms with Gasteiger partial charge in [0.25, 0.3) is 0 Å². The van der Waals surface area contributed by atoms with E-state index in [2.05, 4.69) is 16.9 Å². The molecule has 0 saturated heterocycles. The van der Waals surface area contributed by atoms with Crippen LogP contribution in [0.15, 0.2) is 17.3 Å². The van der Waals surface area contributed by atoms with Gasteiger partial charge in [-0.2, -0.15) is 0 Å². The van der Waals surface area contributed by atoms with E-state index < -0.39 is 5.97 Å². The normalized spacial score (nSPS) is 26.2. The van der Waals surface area contributed by atoms with Crippen molar-refractivity contribution in [3.63, 3.8) is 0 Å². The summed E-state index contributed by atoms with van der Waals surface area (Å²) in [6.45, 7) is 5.89. The van der Waals surface area contributed by atoms with Gasteiger partial charge in [-0.25, -0.2) is 0 Å². The smallest absolute Gasteiger partial charge is 0.306 e. The molecule has 0 aliphatic heterocycles. The van der Waals surface area contributed by atoms with Gasteiger partial charge in [0, 0.05) is 12.7 Å². The molecule has 0 aromatic rings. The van der Waals surface area contributed by atoms with Gasteiger partial charge in [-0.15, -0.1) is 0 Å². The third-order valence-electron chi connectivity index (χ3n) is 3.25. The van der Waals surface area contributed by atoms with Crippen molar-refractivity contribution in [2.24, 2.45) is 16.8 Å². The minimum absolute atomic E-state index is 0.162. The fourth-order valence-corrected chi connectivity index (χ4v) is 2.08. The molecule has 0 unspecified atom stereocenters. The summed E-state index contributed by atoms with van der Waals surface area (Å²) in [5.74, 6) is 0.408. The van der Waals surface area contributed by atoms with Gasteiger partial charge in [-0.1, -0.05) is 6.58 Å². The van der Waals surface area contributed by atoms with E-state index in [0.717, 1.165) is 37.2 Å². The maximum absolute atomic E-state index is 10.8. The zero-order chi connectivity index (χ0) is 12.1. The number of hydrogen-bond donors (Lipinski definition) is 2. The first-order valence-electron chi connectivity index (χ1n) is 5.66. The van der Waals surface area contributed by atoms with Gasteiger partial charge < -0.3 is 10.4 Å². The Bertz CT molecular complexity index is 302. The Morgan fingerprint density at radius 2 is 1.81 bits per heavy atom. The molecule has 4 nitrogen and oxygen atoms in total. The molecule has 1 saturated carbocycles. The molecular weight excluding hydrogens is 204 g/mol. The minimum atomic E-state index is -0.664. The second-order valence-electron chi connectivity index (χ2n) is 4.35. The third kappa shape index (κ3) is 3.36. The van der Waals surface area contributed by atoms with Gasteiger partial charge in [0.1, 0.15) is 0 Å². The Morgan fingerprint density at radius 3 is 2.25 bits per heavy atom. The fraction of sp³-hybridized carbons (Fsp3) is 0.667. The summed E-state index contributed by atoms with van der Waals surface area (Å²) in [5, 5.41) is 12.0. The van der Waals surface area contributed by atoms with Crippen molar-refractivity contribution < 1.29 is 9.90 Å². The van der Waals surface area contributed by atoms with Crippen LogP contribution in [0.2, 0.25) is 0 Å². The molecule has 0 amide bonds. The van der Waals surface area contributed by atoms with Crippen LogP contribution in [0.25, 0.3) is 0 Å². The molecule has 0 aromatic carbocycles. The zero-order valence-corrected chi connectivity index (χ0v) is 9.99. The molecule has 0 atom stereocenters. The quantitative estimate of drug-likeness (QED) is 0.569. The lowest BCUT2D eigenvalue weighted by atomic mass is 9.81. The van der Waals surface area contributed by atoms with Crippen LogP contribution in [0.3, 0.4) is 0 Å². The van der Waals surface area contributed by atoms with Crippen molar-refractivity contribution in [2.75, 3.05) is 7.05 Å². The number of carboxylic acids is 1. The number of aliphatic carboxylic acids is 1. The molecule has 0 aromatic heterocycles. The Morgan fingerprint density at radius 1 is 1.31 bits per heavy atom. The van der Waals surface area contributed by atoms with Crippen LogP contribution in [-0.4, -0.2) is 24.0 Å². The summed E-state index contributed by atoms with van der Waals surface area (Å²) >= 11 is 0. The SMILES string of the molecule is C=C(NC(C)=NC)C1CCC(C(=O)O)CC1. The van der Waals surface area contributed by atoms with Crippen LogP contribution in [0.1, 0.15) is 32.6 Å². The van der Waals surface area contributed by atoms with Crippen LogP contribution in [0.5, 0.6) is 0 Å². The van der Waals surface area contributed by atoms with Gasteiger partial charge in [-0.05, 0) is 38.5 Å². The first-order valence-corrected chi connectivity index (χ1v) is 5.66. The second kappa shape index (κ2) is 5.68. The largest absolute Gasteiger partial charge is 0.481 e. The summed E-state index contributed by atoms with van der Waals surface area (Å²) < 4.78 is 0. The minimum Gasteiger partial charge on any atom is -0.481 e. The topological polar surface area (TPSA) is 61.7 Å². The van der Waals surface area contributed by atoms with Crippen molar-refractivity contribution >= 4 is 11.8 Å². The fourth-order valence-electron chi connectivity index (χ4n) is 2.08. The number of carboxylic acid groups (broad SMARTS) is 1. The number of amidine groups is 1. The van der Waals surface area contributed by atoms with Gasteiger partial charge >= 0.3 is 5.97 Å². The Hall–Kier alpha value is -1.32. The molecule has 4 heteroatoms. The van der Waals surface area contributed by atoms with E-state index in [1.807, 2.05) is 6.92 Å². The van der Waals surface area contributed by atoms with E-state index in [9.17, 15) is 4.79 Å². The van der Waals surface area contributed by atoms with Crippen LogP contribution in [0.4, 0.5) is 0 Å². The van der Waals surface area contributed by atoms with E-state index >= 15 is 0 Å². The molecule has 1 aliphatic carbocycles. The van der Waals surface area contributed by atoms with E-state index in [4.69, 9.17) is 5.11 Å². The maximum atomic E-state index is 10.8. The van der Waals surface area contributed by atoms with Gasteiger partial charge in [0.2, 0.25) is 0 Å². The summed E-state index contributed by atoms with van der Waals surface area (Å²) in [4.78, 5) is 14.8.